The van der Waals surface area contributed by atoms with E-state index >= 15 is 0 Å². The van der Waals surface area contributed by atoms with Crippen molar-refractivity contribution in [3.05, 3.63) is 45.4 Å². The molecule has 0 unspecified atom stereocenters. The Kier molecular flexibility index (Phi) is 4.57. The zero-order chi connectivity index (χ0) is 13.9. The maximum Gasteiger partial charge on any atom is 0.175 e. The van der Waals surface area contributed by atoms with Crippen LogP contribution in [0.1, 0.15) is 10.6 Å². The first-order valence-electron chi connectivity index (χ1n) is 5.55. The quantitative estimate of drug-likeness (QED) is 0.920. The molecule has 0 aliphatic heterocycles. The highest BCUT2D eigenvalue weighted by molar-refractivity contribution is 7.90. The normalized spacial score (nSPS) is 11.7. The van der Waals surface area contributed by atoms with Crippen molar-refractivity contribution in [1.82, 2.24) is 10.3 Å². The third kappa shape index (κ3) is 3.76. The van der Waals surface area contributed by atoms with Crippen molar-refractivity contribution in [1.29, 1.82) is 0 Å². The summed E-state index contributed by atoms with van der Waals surface area (Å²) < 4.78 is 23.4. The molecule has 2 rings (SSSR count). The number of halogens is 1. The first-order chi connectivity index (χ1) is 8.98. The van der Waals surface area contributed by atoms with Gasteiger partial charge in [0.1, 0.15) is 5.01 Å². The summed E-state index contributed by atoms with van der Waals surface area (Å²) in [5.74, 6) is 0. The average Bonchev–Trinajstić information content (AvgIpc) is 2.82. The second-order valence-corrected chi connectivity index (χ2v) is 7.39. The number of hydrogen-bond donors (Lipinski definition) is 1. The van der Waals surface area contributed by atoms with E-state index in [1.807, 2.05) is 5.38 Å². The van der Waals surface area contributed by atoms with Crippen LogP contribution in [0.3, 0.4) is 0 Å². The SMILES string of the molecule is CS(=O)(=O)c1cccc(Cl)c1CNCc1nccs1. The van der Waals surface area contributed by atoms with Crippen LogP contribution in [0.25, 0.3) is 0 Å². The lowest BCUT2D eigenvalue weighted by Crippen LogP contribution is -2.15. The summed E-state index contributed by atoms with van der Waals surface area (Å²) in [5, 5.41) is 6.46. The van der Waals surface area contributed by atoms with Gasteiger partial charge in [-0.3, -0.25) is 0 Å². The van der Waals surface area contributed by atoms with Crippen molar-refractivity contribution in [3.8, 4) is 0 Å². The Bertz CT molecular complexity index is 654. The summed E-state index contributed by atoms with van der Waals surface area (Å²) in [6, 6.07) is 4.90. The largest absolute Gasteiger partial charge is 0.306 e. The van der Waals surface area contributed by atoms with E-state index in [-0.39, 0.29) is 4.90 Å². The maximum absolute atomic E-state index is 11.7. The molecule has 0 radical (unpaired) electrons. The summed E-state index contributed by atoms with van der Waals surface area (Å²) in [7, 11) is -3.28. The molecule has 0 spiro atoms. The van der Waals surface area contributed by atoms with Crippen molar-refractivity contribution in [2.75, 3.05) is 6.26 Å². The molecule has 7 heteroatoms. The molecule has 0 atom stereocenters. The Morgan fingerprint density at radius 2 is 2.16 bits per heavy atom. The molecule has 0 amide bonds. The van der Waals surface area contributed by atoms with Crippen LogP contribution in [0, 0.1) is 0 Å². The third-order valence-electron chi connectivity index (χ3n) is 2.54. The van der Waals surface area contributed by atoms with Crippen molar-refractivity contribution < 1.29 is 8.42 Å². The Labute approximate surface area is 121 Å². The summed E-state index contributed by atoms with van der Waals surface area (Å²) in [6.07, 6.45) is 2.92. The Morgan fingerprint density at radius 1 is 1.37 bits per heavy atom. The molecule has 1 N–H and O–H groups in total. The molecule has 0 aliphatic carbocycles. The number of aromatic nitrogens is 1. The molecule has 0 fully saturated rings. The highest BCUT2D eigenvalue weighted by Crippen LogP contribution is 2.23. The van der Waals surface area contributed by atoms with Crippen molar-refractivity contribution in [2.24, 2.45) is 0 Å². The Morgan fingerprint density at radius 3 is 2.79 bits per heavy atom. The fraction of sp³-hybridized carbons (Fsp3) is 0.250. The van der Waals surface area contributed by atoms with Crippen LogP contribution in [0.2, 0.25) is 5.02 Å². The third-order valence-corrected chi connectivity index (χ3v) is 4.85. The predicted molar refractivity (Wildman–Crippen MR) is 77.2 cm³/mol. The van der Waals surface area contributed by atoms with E-state index in [9.17, 15) is 8.42 Å². The zero-order valence-electron chi connectivity index (χ0n) is 10.3. The lowest BCUT2D eigenvalue weighted by Gasteiger charge is -2.10. The van der Waals surface area contributed by atoms with Gasteiger partial charge in [0.2, 0.25) is 0 Å². The lowest BCUT2D eigenvalue weighted by atomic mass is 10.2. The van der Waals surface area contributed by atoms with Crippen LogP contribution in [-0.4, -0.2) is 19.7 Å². The number of thiazole rings is 1. The molecule has 1 aromatic carbocycles. The van der Waals surface area contributed by atoms with Gasteiger partial charge in [0, 0.05) is 41.5 Å². The molecule has 1 heterocycles. The van der Waals surface area contributed by atoms with Gasteiger partial charge >= 0.3 is 0 Å². The topological polar surface area (TPSA) is 59.1 Å². The molecule has 0 saturated carbocycles. The van der Waals surface area contributed by atoms with Crippen molar-refractivity contribution >= 4 is 32.8 Å². The minimum absolute atomic E-state index is 0.270. The molecular formula is C12H13ClN2O2S2. The molecule has 19 heavy (non-hydrogen) atoms. The Hall–Kier alpha value is -0.950. The summed E-state index contributed by atoms with van der Waals surface area (Å²) in [6.45, 7) is 0.980. The molecule has 102 valence electrons. The number of benzene rings is 1. The standard InChI is InChI=1S/C12H13ClN2O2S2/c1-19(16,17)11-4-2-3-10(13)9(11)7-14-8-12-15-5-6-18-12/h2-6,14H,7-8H2,1H3. The van der Waals surface area contributed by atoms with Gasteiger partial charge in [-0.05, 0) is 12.1 Å². The molecule has 2 aromatic rings. The second kappa shape index (κ2) is 6.00. The molecule has 0 saturated heterocycles. The molecule has 1 aromatic heterocycles. The van der Waals surface area contributed by atoms with Crippen molar-refractivity contribution in [3.63, 3.8) is 0 Å². The zero-order valence-corrected chi connectivity index (χ0v) is 12.6. The predicted octanol–water partition coefficient (Wildman–Crippen LogP) is 2.49. The van der Waals surface area contributed by atoms with Gasteiger partial charge in [-0.2, -0.15) is 0 Å². The van der Waals surface area contributed by atoms with Crippen LogP contribution in [0.15, 0.2) is 34.7 Å². The van der Waals surface area contributed by atoms with Gasteiger partial charge < -0.3 is 5.32 Å². The van der Waals surface area contributed by atoms with E-state index in [1.165, 1.54) is 6.26 Å². The highest BCUT2D eigenvalue weighted by Gasteiger charge is 2.15. The van der Waals surface area contributed by atoms with Gasteiger partial charge in [0.05, 0.1) is 4.90 Å². The van der Waals surface area contributed by atoms with Crippen LogP contribution in [-0.2, 0) is 22.9 Å². The fourth-order valence-electron chi connectivity index (χ4n) is 1.69. The van der Waals surface area contributed by atoms with E-state index in [0.29, 0.717) is 23.7 Å². The fourth-order valence-corrected chi connectivity index (χ4v) is 3.53. The Balaban J connectivity index is 2.15. The lowest BCUT2D eigenvalue weighted by molar-refractivity contribution is 0.598. The maximum atomic E-state index is 11.7. The van der Waals surface area contributed by atoms with Gasteiger partial charge in [0.25, 0.3) is 0 Å². The van der Waals surface area contributed by atoms with E-state index < -0.39 is 9.84 Å². The average molecular weight is 317 g/mol. The van der Waals surface area contributed by atoms with Gasteiger partial charge in [-0.25, -0.2) is 13.4 Å². The van der Waals surface area contributed by atoms with Gasteiger partial charge in [0.15, 0.2) is 9.84 Å². The van der Waals surface area contributed by atoms with E-state index in [4.69, 9.17) is 11.6 Å². The van der Waals surface area contributed by atoms with Crippen LogP contribution < -0.4 is 5.32 Å². The smallest absolute Gasteiger partial charge is 0.175 e. The van der Waals surface area contributed by atoms with Crippen LogP contribution in [0.5, 0.6) is 0 Å². The molecular weight excluding hydrogens is 304 g/mol. The first-order valence-corrected chi connectivity index (χ1v) is 8.70. The van der Waals surface area contributed by atoms with E-state index in [1.54, 1.807) is 35.7 Å². The first kappa shape index (κ1) is 14.5. The van der Waals surface area contributed by atoms with Crippen molar-refractivity contribution in [2.45, 2.75) is 18.0 Å². The number of sulfone groups is 1. The number of hydrogen-bond acceptors (Lipinski definition) is 5. The molecule has 0 bridgehead atoms. The summed E-state index contributed by atoms with van der Waals surface area (Å²) in [4.78, 5) is 4.42. The monoisotopic (exact) mass is 316 g/mol. The molecule has 4 nitrogen and oxygen atoms in total. The van der Waals surface area contributed by atoms with E-state index in [2.05, 4.69) is 10.3 Å². The highest BCUT2D eigenvalue weighted by atomic mass is 35.5. The van der Waals surface area contributed by atoms with Crippen LogP contribution >= 0.6 is 22.9 Å². The molecule has 0 aliphatic rings. The second-order valence-electron chi connectivity index (χ2n) is 4.02. The summed E-state index contributed by atoms with van der Waals surface area (Å²) in [5.41, 5.74) is 0.600. The number of nitrogens with zero attached hydrogens (tertiary/aromatic N) is 1. The number of rotatable bonds is 5. The van der Waals surface area contributed by atoms with Gasteiger partial charge in [-0.15, -0.1) is 11.3 Å². The minimum atomic E-state index is -3.28. The minimum Gasteiger partial charge on any atom is -0.306 e. The summed E-state index contributed by atoms with van der Waals surface area (Å²) >= 11 is 7.63. The number of nitrogens with one attached hydrogen (secondary N) is 1. The van der Waals surface area contributed by atoms with E-state index in [0.717, 1.165) is 5.01 Å². The van der Waals surface area contributed by atoms with Gasteiger partial charge in [-0.1, -0.05) is 17.7 Å². The van der Waals surface area contributed by atoms with Crippen LogP contribution in [0.4, 0.5) is 0 Å².